The Bertz CT molecular complexity index is 1270. The Morgan fingerprint density at radius 3 is 2.03 bits per heavy atom. The monoisotopic (exact) mass is 438 g/mol. The largest absolute Gasteiger partial charge is 0.465 e. The summed E-state index contributed by atoms with van der Waals surface area (Å²) < 4.78 is 5.13. The van der Waals surface area contributed by atoms with Crippen molar-refractivity contribution in [3.05, 3.63) is 102 Å². The number of hydrogen-bond donors (Lipinski definition) is 2. The van der Waals surface area contributed by atoms with E-state index in [9.17, 15) is 9.59 Å². The smallest absolute Gasteiger partial charge is 0.342 e. The Morgan fingerprint density at radius 2 is 1.45 bits per heavy atom. The average molecular weight is 438 g/mol. The van der Waals surface area contributed by atoms with Gasteiger partial charge in [0, 0.05) is 23.2 Å². The highest BCUT2D eigenvalue weighted by Crippen LogP contribution is 2.36. The van der Waals surface area contributed by atoms with Crippen molar-refractivity contribution in [1.29, 1.82) is 0 Å². The first kappa shape index (κ1) is 21.7. The van der Waals surface area contributed by atoms with Gasteiger partial charge in [-0.15, -0.1) is 10.2 Å². The fourth-order valence-electron chi connectivity index (χ4n) is 3.52. The molecule has 0 radical (unpaired) electrons. The number of anilines is 1. The highest BCUT2D eigenvalue weighted by atomic mass is 16.5. The predicted molar refractivity (Wildman–Crippen MR) is 127 cm³/mol. The Labute approximate surface area is 191 Å². The Hall–Kier alpha value is -4.52. The molecule has 3 N–H and O–H groups in total. The van der Waals surface area contributed by atoms with Gasteiger partial charge in [-0.3, -0.25) is 4.79 Å². The number of ether oxygens (including phenoxy) is 1. The quantitative estimate of drug-likeness (QED) is 0.417. The molecule has 0 unspecified atom stereocenters. The lowest BCUT2D eigenvalue weighted by Crippen LogP contribution is -2.14. The van der Waals surface area contributed by atoms with Crippen LogP contribution in [0.5, 0.6) is 0 Å². The normalized spacial score (nSPS) is 10.5. The van der Waals surface area contributed by atoms with E-state index in [1.54, 1.807) is 24.3 Å². The van der Waals surface area contributed by atoms with E-state index in [0.29, 0.717) is 34.7 Å². The summed E-state index contributed by atoms with van der Waals surface area (Å²) in [5.41, 5.74) is 9.78. The van der Waals surface area contributed by atoms with Gasteiger partial charge in [0.25, 0.3) is 0 Å². The van der Waals surface area contributed by atoms with Gasteiger partial charge in [0.2, 0.25) is 5.91 Å². The van der Waals surface area contributed by atoms with Gasteiger partial charge in [0.05, 0.1) is 7.11 Å². The summed E-state index contributed by atoms with van der Waals surface area (Å²) in [4.78, 5) is 24.3. The number of rotatable bonds is 7. The van der Waals surface area contributed by atoms with Crippen molar-refractivity contribution in [2.24, 2.45) is 5.73 Å². The third kappa shape index (κ3) is 4.72. The number of carbonyl (C=O) groups excluding carboxylic acids is 2. The van der Waals surface area contributed by atoms with Gasteiger partial charge in [0.1, 0.15) is 11.3 Å². The molecule has 0 saturated heterocycles. The van der Waals surface area contributed by atoms with Crippen LogP contribution < -0.4 is 11.1 Å². The SMILES string of the molecule is COC(=O)c1c(NCc2ccc(C(N)=O)cc2)nnc(-c2ccccc2)c1-c1ccccc1. The second kappa shape index (κ2) is 9.74. The number of aromatic nitrogens is 2. The van der Waals surface area contributed by atoms with E-state index in [1.165, 1.54) is 7.11 Å². The minimum absolute atomic E-state index is 0.298. The average Bonchev–Trinajstić information content (AvgIpc) is 2.87. The fraction of sp³-hybridized carbons (Fsp3) is 0.0769. The zero-order valence-electron chi connectivity index (χ0n) is 18.0. The molecular weight excluding hydrogens is 416 g/mol. The van der Waals surface area contributed by atoms with Crippen molar-refractivity contribution in [3.8, 4) is 22.4 Å². The molecular formula is C26H22N4O3. The number of hydrogen-bond acceptors (Lipinski definition) is 6. The number of nitrogens with two attached hydrogens (primary N) is 1. The van der Waals surface area contributed by atoms with Crippen LogP contribution in [0.3, 0.4) is 0 Å². The van der Waals surface area contributed by atoms with E-state index < -0.39 is 11.9 Å². The fourth-order valence-corrected chi connectivity index (χ4v) is 3.52. The van der Waals surface area contributed by atoms with Crippen molar-refractivity contribution < 1.29 is 14.3 Å². The number of esters is 1. The summed E-state index contributed by atoms with van der Waals surface area (Å²) in [6.45, 7) is 0.358. The van der Waals surface area contributed by atoms with Crippen molar-refractivity contribution in [3.63, 3.8) is 0 Å². The third-order valence-electron chi connectivity index (χ3n) is 5.17. The Kier molecular flexibility index (Phi) is 6.40. The number of methoxy groups -OCH3 is 1. The molecule has 3 aromatic carbocycles. The zero-order chi connectivity index (χ0) is 23.2. The van der Waals surface area contributed by atoms with Crippen molar-refractivity contribution in [2.45, 2.75) is 6.54 Å². The molecule has 0 atom stereocenters. The first-order valence-corrected chi connectivity index (χ1v) is 10.3. The number of carbonyl (C=O) groups is 2. The minimum Gasteiger partial charge on any atom is -0.465 e. The van der Waals surface area contributed by atoms with Crippen molar-refractivity contribution in [1.82, 2.24) is 10.2 Å². The molecule has 0 saturated carbocycles. The van der Waals surface area contributed by atoms with E-state index in [-0.39, 0.29) is 0 Å². The van der Waals surface area contributed by atoms with Crippen LogP contribution in [0.2, 0.25) is 0 Å². The van der Waals surface area contributed by atoms with Crippen LogP contribution in [0.1, 0.15) is 26.3 Å². The summed E-state index contributed by atoms with van der Waals surface area (Å²) in [6, 6.07) is 26.0. The molecule has 0 spiro atoms. The van der Waals surface area contributed by atoms with Gasteiger partial charge in [0.15, 0.2) is 5.82 Å². The standard InChI is InChI=1S/C26H22N4O3/c1-33-26(32)22-21(18-8-4-2-5-9-18)23(19-10-6-3-7-11-19)29-30-25(22)28-16-17-12-14-20(15-13-17)24(27)31/h2-15H,16H2,1H3,(H2,27,31)(H,28,30). The summed E-state index contributed by atoms with van der Waals surface area (Å²) >= 11 is 0. The van der Waals surface area contributed by atoms with Gasteiger partial charge in [-0.1, -0.05) is 72.8 Å². The summed E-state index contributed by atoms with van der Waals surface area (Å²) in [7, 11) is 1.34. The molecule has 7 nitrogen and oxygen atoms in total. The van der Waals surface area contributed by atoms with Crippen LogP contribution in [0.25, 0.3) is 22.4 Å². The van der Waals surface area contributed by atoms with Crippen LogP contribution in [-0.4, -0.2) is 29.2 Å². The molecule has 4 aromatic rings. The van der Waals surface area contributed by atoms with Crippen LogP contribution in [0.15, 0.2) is 84.9 Å². The van der Waals surface area contributed by atoms with Gasteiger partial charge in [-0.25, -0.2) is 4.79 Å². The van der Waals surface area contributed by atoms with Crippen LogP contribution >= 0.6 is 0 Å². The maximum absolute atomic E-state index is 13.0. The molecule has 1 heterocycles. The molecule has 0 aliphatic heterocycles. The molecule has 164 valence electrons. The number of amides is 1. The first-order chi connectivity index (χ1) is 16.1. The van der Waals surface area contributed by atoms with Gasteiger partial charge in [-0.2, -0.15) is 0 Å². The Morgan fingerprint density at radius 1 is 0.848 bits per heavy atom. The molecule has 1 aromatic heterocycles. The zero-order valence-corrected chi connectivity index (χ0v) is 18.0. The van der Waals surface area contributed by atoms with Gasteiger partial charge in [-0.05, 0) is 23.3 Å². The second-order valence-corrected chi connectivity index (χ2v) is 7.29. The van der Waals surface area contributed by atoms with Crippen molar-refractivity contribution >= 4 is 17.7 Å². The number of nitrogens with zero attached hydrogens (tertiary/aromatic N) is 2. The van der Waals surface area contributed by atoms with Crippen LogP contribution in [0, 0.1) is 0 Å². The van der Waals surface area contributed by atoms with E-state index in [0.717, 1.165) is 16.7 Å². The molecule has 0 aliphatic rings. The number of benzene rings is 3. The van der Waals surface area contributed by atoms with Crippen LogP contribution in [-0.2, 0) is 11.3 Å². The summed E-state index contributed by atoms with van der Waals surface area (Å²) in [5, 5.41) is 12.0. The molecule has 4 rings (SSSR count). The van der Waals surface area contributed by atoms with Crippen molar-refractivity contribution in [2.75, 3.05) is 12.4 Å². The second-order valence-electron chi connectivity index (χ2n) is 7.29. The molecule has 7 heteroatoms. The topological polar surface area (TPSA) is 107 Å². The number of nitrogens with one attached hydrogen (secondary N) is 1. The molecule has 0 aliphatic carbocycles. The lowest BCUT2D eigenvalue weighted by Gasteiger charge is -2.17. The van der Waals surface area contributed by atoms with E-state index in [2.05, 4.69) is 15.5 Å². The summed E-state index contributed by atoms with van der Waals surface area (Å²) in [5.74, 6) is -0.704. The van der Waals surface area contributed by atoms with E-state index >= 15 is 0 Å². The van der Waals surface area contributed by atoms with E-state index in [4.69, 9.17) is 10.5 Å². The lowest BCUT2D eigenvalue weighted by molar-refractivity contribution is 0.0602. The van der Waals surface area contributed by atoms with Gasteiger partial charge < -0.3 is 15.8 Å². The van der Waals surface area contributed by atoms with Crippen LogP contribution in [0.4, 0.5) is 5.82 Å². The highest BCUT2D eigenvalue weighted by molar-refractivity contribution is 6.05. The number of primary amides is 1. The molecule has 1 amide bonds. The maximum Gasteiger partial charge on any atom is 0.342 e. The lowest BCUT2D eigenvalue weighted by atomic mass is 9.95. The maximum atomic E-state index is 13.0. The molecule has 0 bridgehead atoms. The van der Waals surface area contributed by atoms with E-state index in [1.807, 2.05) is 60.7 Å². The Balaban J connectivity index is 1.80. The highest BCUT2D eigenvalue weighted by Gasteiger charge is 2.25. The third-order valence-corrected chi connectivity index (χ3v) is 5.17. The molecule has 33 heavy (non-hydrogen) atoms. The van der Waals surface area contributed by atoms with Gasteiger partial charge >= 0.3 is 5.97 Å². The predicted octanol–water partition coefficient (Wildman–Crippen LogP) is 4.31. The summed E-state index contributed by atoms with van der Waals surface area (Å²) in [6.07, 6.45) is 0. The molecule has 0 fully saturated rings. The first-order valence-electron chi connectivity index (χ1n) is 10.3. The minimum atomic E-state index is -0.521.